The molecule has 0 saturated carbocycles. The van der Waals surface area contributed by atoms with Crippen LogP contribution in [0.2, 0.25) is 0 Å². The van der Waals surface area contributed by atoms with Crippen molar-refractivity contribution in [2.75, 3.05) is 6.61 Å². The first-order chi connectivity index (χ1) is 12.0. The van der Waals surface area contributed by atoms with Gasteiger partial charge in [0.05, 0.1) is 18.7 Å². The first-order valence-corrected chi connectivity index (χ1v) is 9.25. The number of carbonyl (C=O) groups is 1. The van der Waals surface area contributed by atoms with Crippen molar-refractivity contribution in [1.82, 2.24) is 15.2 Å². The zero-order chi connectivity index (χ0) is 18.0. The van der Waals surface area contributed by atoms with Crippen molar-refractivity contribution in [2.24, 2.45) is 0 Å². The molecule has 1 aliphatic rings. The molecule has 1 aromatic heterocycles. The summed E-state index contributed by atoms with van der Waals surface area (Å²) in [6.45, 7) is 6.27. The van der Waals surface area contributed by atoms with Crippen molar-refractivity contribution in [2.45, 2.75) is 64.2 Å². The van der Waals surface area contributed by atoms with Gasteiger partial charge in [0.1, 0.15) is 0 Å². The molecule has 2 aromatic rings. The highest BCUT2D eigenvalue weighted by atomic mass is 16.3. The van der Waals surface area contributed by atoms with E-state index in [1.165, 1.54) is 0 Å². The number of H-pyrrole nitrogens is 1. The zero-order valence-corrected chi connectivity index (χ0v) is 15.3. The molecule has 0 aliphatic carbocycles. The molecule has 3 rings (SSSR count). The fourth-order valence-electron chi connectivity index (χ4n) is 4.16. The smallest absolute Gasteiger partial charge is 0.237 e. The predicted molar refractivity (Wildman–Crippen MR) is 100 cm³/mol. The summed E-state index contributed by atoms with van der Waals surface area (Å²) < 4.78 is 0. The molecule has 1 amide bonds. The summed E-state index contributed by atoms with van der Waals surface area (Å²) in [5, 5.41) is 13.9. The van der Waals surface area contributed by atoms with E-state index >= 15 is 0 Å². The SMILES string of the molecule is C[C@@H]1CC[C@H](C)N1[C@H](C)C(=O)N[C@H](CO)Cc1c[nH]c2ccccc12. The average Bonchev–Trinajstić information content (AvgIpc) is 3.17. The predicted octanol–water partition coefficient (Wildman–Crippen LogP) is 2.45. The van der Waals surface area contributed by atoms with E-state index < -0.39 is 0 Å². The van der Waals surface area contributed by atoms with Crippen LogP contribution in [0.25, 0.3) is 10.9 Å². The standard InChI is InChI=1S/C20H29N3O2/c1-13-8-9-14(2)23(13)15(3)20(25)22-17(12-24)10-16-11-21-19-7-5-4-6-18(16)19/h4-7,11,13-15,17,21,24H,8-10,12H2,1-3H3,(H,22,25)/t13-,14+,15-,17+/m1/s1. The molecule has 25 heavy (non-hydrogen) atoms. The number of fused-ring (bicyclic) bond motifs is 1. The van der Waals surface area contributed by atoms with Crippen LogP contribution in [0.5, 0.6) is 0 Å². The Balaban J connectivity index is 1.66. The number of hydrogen-bond donors (Lipinski definition) is 3. The lowest BCUT2D eigenvalue weighted by Gasteiger charge is -2.32. The third-order valence-corrected chi connectivity index (χ3v) is 5.55. The van der Waals surface area contributed by atoms with E-state index in [-0.39, 0.29) is 24.6 Å². The number of likely N-dealkylation sites (tertiary alicyclic amines) is 1. The Labute approximate surface area is 149 Å². The highest BCUT2D eigenvalue weighted by molar-refractivity contribution is 5.84. The summed E-state index contributed by atoms with van der Waals surface area (Å²) in [4.78, 5) is 18.2. The number of nitrogens with zero attached hydrogens (tertiary/aromatic N) is 1. The molecule has 3 N–H and O–H groups in total. The minimum atomic E-state index is -0.276. The summed E-state index contributed by atoms with van der Waals surface area (Å²) in [5.41, 5.74) is 2.19. The number of aliphatic hydroxyl groups is 1. The van der Waals surface area contributed by atoms with Crippen molar-refractivity contribution < 1.29 is 9.90 Å². The van der Waals surface area contributed by atoms with E-state index in [0.29, 0.717) is 18.5 Å². The number of rotatable bonds is 6. The maximum absolute atomic E-state index is 12.7. The van der Waals surface area contributed by atoms with Crippen LogP contribution in [0.1, 0.15) is 39.2 Å². The third kappa shape index (κ3) is 3.72. The number of aliphatic hydroxyl groups excluding tert-OH is 1. The van der Waals surface area contributed by atoms with Crippen LogP contribution in [-0.4, -0.2) is 51.7 Å². The van der Waals surface area contributed by atoms with Crippen LogP contribution in [0.15, 0.2) is 30.5 Å². The van der Waals surface area contributed by atoms with Crippen LogP contribution in [0.3, 0.4) is 0 Å². The Morgan fingerprint density at radius 3 is 2.68 bits per heavy atom. The van der Waals surface area contributed by atoms with Gasteiger partial charge in [-0.25, -0.2) is 0 Å². The summed E-state index contributed by atoms with van der Waals surface area (Å²) in [7, 11) is 0. The van der Waals surface area contributed by atoms with Crippen LogP contribution < -0.4 is 5.32 Å². The van der Waals surface area contributed by atoms with E-state index in [2.05, 4.69) is 35.1 Å². The Morgan fingerprint density at radius 2 is 2.00 bits per heavy atom. The van der Waals surface area contributed by atoms with Gasteiger partial charge in [-0.3, -0.25) is 9.69 Å². The molecule has 0 radical (unpaired) electrons. The molecule has 136 valence electrons. The number of nitrogens with one attached hydrogen (secondary N) is 2. The van der Waals surface area contributed by atoms with E-state index in [1.54, 1.807) is 0 Å². The quantitative estimate of drug-likeness (QED) is 0.755. The fourth-order valence-corrected chi connectivity index (χ4v) is 4.16. The van der Waals surface area contributed by atoms with Crippen molar-refractivity contribution >= 4 is 16.8 Å². The second-order valence-electron chi connectivity index (χ2n) is 7.35. The Kier molecular flexibility index (Phi) is 5.45. The zero-order valence-electron chi connectivity index (χ0n) is 15.3. The second-order valence-corrected chi connectivity index (χ2v) is 7.35. The second kappa shape index (κ2) is 7.58. The Bertz CT molecular complexity index is 717. The van der Waals surface area contributed by atoms with Crippen LogP contribution >= 0.6 is 0 Å². The highest BCUT2D eigenvalue weighted by Gasteiger charge is 2.34. The van der Waals surface area contributed by atoms with Crippen LogP contribution in [-0.2, 0) is 11.2 Å². The van der Waals surface area contributed by atoms with Gasteiger partial charge in [0.25, 0.3) is 0 Å². The minimum absolute atomic E-state index is 0.000471. The van der Waals surface area contributed by atoms with Gasteiger partial charge in [-0.1, -0.05) is 18.2 Å². The molecule has 1 aliphatic heterocycles. The lowest BCUT2D eigenvalue weighted by molar-refractivity contribution is -0.127. The molecule has 5 nitrogen and oxygen atoms in total. The number of hydrogen-bond acceptors (Lipinski definition) is 3. The lowest BCUT2D eigenvalue weighted by Crippen LogP contribution is -2.52. The number of amides is 1. The van der Waals surface area contributed by atoms with Crippen LogP contribution in [0, 0.1) is 0 Å². The fraction of sp³-hybridized carbons (Fsp3) is 0.550. The number of carbonyl (C=O) groups excluding carboxylic acids is 1. The monoisotopic (exact) mass is 343 g/mol. The van der Waals surface area contributed by atoms with Gasteiger partial charge in [0.2, 0.25) is 5.91 Å². The summed E-state index contributed by atoms with van der Waals surface area (Å²) in [5.74, 6) is -0.000471. The van der Waals surface area contributed by atoms with Crippen LogP contribution in [0.4, 0.5) is 0 Å². The van der Waals surface area contributed by atoms with Crippen molar-refractivity contribution in [1.29, 1.82) is 0 Å². The molecule has 1 saturated heterocycles. The normalized spacial score (nSPS) is 23.7. The average molecular weight is 343 g/mol. The first-order valence-electron chi connectivity index (χ1n) is 9.25. The Morgan fingerprint density at radius 1 is 1.32 bits per heavy atom. The molecular weight excluding hydrogens is 314 g/mol. The molecule has 0 bridgehead atoms. The number of para-hydroxylation sites is 1. The van der Waals surface area contributed by atoms with Gasteiger partial charge < -0.3 is 15.4 Å². The molecule has 4 atom stereocenters. The largest absolute Gasteiger partial charge is 0.394 e. The first kappa shape index (κ1) is 18.0. The molecule has 1 aromatic carbocycles. The summed E-state index contributed by atoms with van der Waals surface area (Å²) >= 11 is 0. The summed E-state index contributed by atoms with van der Waals surface area (Å²) in [6.07, 6.45) is 4.85. The van der Waals surface area contributed by atoms with Gasteiger partial charge in [-0.15, -0.1) is 0 Å². The van der Waals surface area contributed by atoms with Gasteiger partial charge in [0.15, 0.2) is 0 Å². The van der Waals surface area contributed by atoms with Gasteiger partial charge in [-0.05, 0) is 51.7 Å². The molecular formula is C20H29N3O2. The maximum atomic E-state index is 12.7. The molecule has 5 heteroatoms. The van der Waals surface area contributed by atoms with Crippen molar-refractivity contribution in [3.05, 3.63) is 36.0 Å². The van der Waals surface area contributed by atoms with Crippen molar-refractivity contribution in [3.8, 4) is 0 Å². The Hall–Kier alpha value is -1.85. The van der Waals surface area contributed by atoms with E-state index in [0.717, 1.165) is 29.3 Å². The number of aromatic nitrogens is 1. The molecule has 2 heterocycles. The van der Waals surface area contributed by atoms with E-state index in [9.17, 15) is 9.90 Å². The molecule has 0 unspecified atom stereocenters. The van der Waals surface area contributed by atoms with Crippen molar-refractivity contribution in [3.63, 3.8) is 0 Å². The van der Waals surface area contributed by atoms with Gasteiger partial charge in [-0.2, -0.15) is 0 Å². The molecule has 1 fully saturated rings. The van der Waals surface area contributed by atoms with E-state index in [4.69, 9.17) is 0 Å². The number of aromatic amines is 1. The highest BCUT2D eigenvalue weighted by Crippen LogP contribution is 2.26. The maximum Gasteiger partial charge on any atom is 0.237 e. The molecule has 0 spiro atoms. The van der Waals surface area contributed by atoms with E-state index in [1.807, 2.05) is 31.3 Å². The van der Waals surface area contributed by atoms with Gasteiger partial charge in [0, 0.05) is 29.2 Å². The van der Waals surface area contributed by atoms with Gasteiger partial charge >= 0.3 is 0 Å². The number of benzene rings is 1. The topological polar surface area (TPSA) is 68.4 Å². The lowest BCUT2D eigenvalue weighted by atomic mass is 10.0. The summed E-state index contributed by atoms with van der Waals surface area (Å²) in [6, 6.07) is 8.50. The minimum Gasteiger partial charge on any atom is -0.394 e. The third-order valence-electron chi connectivity index (χ3n) is 5.55.